The van der Waals surface area contributed by atoms with Gasteiger partial charge in [-0.3, -0.25) is 9.69 Å². The molecule has 190 valence electrons. The summed E-state index contributed by atoms with van der Waals surface area (Å²) in [5.41, 5.74) is 2.70. The predicted molar refractivity (Wildman–Crippen MR) is 126 cm³/mol. The molecular weight excluding hydrogens is 479 g/mol. The second-order valence-electron chi connectivity index (χ2n) is 9.28. The third kappa shape index (κ3) is 6.62. The summed E-state index contributed by atoms with van der Waals surface area (Å²) in [6.07, 6.45) is -2.66. The molecule has 0 saturated carbocycles. The first-order valence-electron chi connectivity index (χ1n) is 11.9. The minimum atomic E-state index is -4.91. The van der Waals surface area contributed by atoms with Gasteiger partial charge in [-0.05, 0) is 73.5 Å². The molecule has 4 rings (SSSR count). The van der Waals surface area contributed by atoms with E-state index in [4.69, 9.17) is 0 Å². The van der Waals surface area contributed by atoms with Gasteiger partial charge < -0.3 is 4.90 Å². The molecule has 1 saturated heterocycles. The number of hydrogen-bond donors (Lipinski definition) is 1. The first-order valence-corrected chi connectivity index (χ1v) is 13.3. The van der Waals surface area contributed by atoms with Crippen LogP contribution in [0.25, 0.3) is 0 Å². The van der Waals surface area contributed by atoms with Crippen molar-refractivity contribution in [2.24, 2.45) is 5.92 Å². The third-order valence-electron chi connectivity index (χ3n) is 6.84. The largest absolute Gasteiger partial charge is 0.471 e. The molecule has 0 bridgehead atoms. The summed E-state index contributed by atoms with van der Waals surface area (Å²) in [7, 11) is -3.74. The summed E-state index contributed by atoms with van der Waals surface area (Å²) < 4.78 is 66.9. The van der Waals surface area contributed by atoms with E-state index < -0.39 is 22.1 Å². The number of halogens is 3. The van der Waals surface area contributed by atoms with Gasteiger partial charge in [0, 0.05) is 26.2 Å². The molecule has 0 spiro atoms. The van der Waals surface area contributed by atoms with Gasteiger partial charge >= 0.3 is 12.1 Å². The minimum absolute atomic E-state index is 0.0430. The summed E-state index contributed by atoms with van der Waals surface area (Å²) in [5, 5.41) is 0. The van der Waals surface area contributed by atoms with Crippen LogP contribution in [0.5, 0.6) is 0 Å². The van der Waals surface area contributed by atoms with Crippen LogP contribution in [0.3, 0.4) is 0 Å². The van der Waals surface area contributed by atoms with Crippen LogP contribution in [-0.2, 0) is 34.2 Å². The maximum absolute atomic E-state index is 12.9. The number of fused-ring (bicyclic) bond motifs is 1. The molecule has 0 radical (unpaired) electrons. The third-order valence-corrected chi connectivity index (χ3v) is 8.26. The van der Waals surface area contributed by atoms with Crippen molar-refractivity contribution in [2.75, 3.05) is 32.7 Å². The Kier molecular flexibility index (Phi) is 7.83. The van der Waals surface area contributed by atoms with Gasteiger partial charge in [0.25, 0.3) is 0 Å². The van der Waals surface area contributed by atoms with E-state index in [0.29, 0.717) is 12.1 Å². The molecule has 35 heavy (non-hydrogen) atoms. The van der Waals surface area contributed by atoms with E-state index in [1.165, 1.54) is 17.7 Å². The summed E-state index contributed by atoms with van der Waals surface area (Å²) in [4.78, 5) is 14.9. The highest BCUT2D eigenvalue weighted by atomic mass is 32.2. The molecular formula is C25H30F3N3O3S. The van der Waals surface area contributed by atoms with Gasteiger partial charge in [0.1, 0.15) is 0 Å². The van der Waals surface area contributed by atoms with Crippen molar-refractivity contribution >= 4 is 15.9 Å². The number of rotatable bonds is 6. The number of likely N-dealkylation sites (tertiary alicyclic amines) is 1. The van der Waals surface area contributed by atoms with E-state index in [9.17, 15) is 26.4 Å². The number of benzene rings is 2. The zero-order chi connectivity index (χ0) is 25.1. The first kappa shape index (κ1) is 25.7. The lowest BCUT2D eigenvalue weighted by atomic mass is 9.97. The minimum Gasteiger partial charge on any atom is -0.334 e. The fraction of sp³-hybridized carbons (Fsp3) is 0.480. The van der Waals surface area contributed by atoms with Crippen LogP contribution in [0, 0.1) is 5.92 Å². The quantitative estimate of drug-likeness (QED) is 0.649. The Morgan fingerprint density at radius 3 is 2.26 bits per heavy atom. The molecule has 1 N–H and O–H groups in total. The fourth-order valence-electron chi connectivity index (χ4n) is 4.75. The Hall–Kier alpha value is -2.43. The van der Waals surface area contributed by atoms with Crippen LogP contribution >= 0.6 is 0 Å². The first-order chi connectivity index (χ1) is 16.6. The summed E-state index contributed by atoms with van der Waals surface area (Å²) in [6.45, 7) is 2.93. The van der Waals surface area contributed by atoms with Crippen molar-refractivity contribution in [1.29, 1.82) is 0 Å². The average Bonchev–Trinajstić information content (AvgIpc) is 3.05. The monoisotopic (exact) mass is 509 g/mol. The normalized spacial score (nSPS) is 18.2. The van der Waals surface area contributed by atoms with Crippen LogP contribution in [0.1, 0.15) is 29.5 Å². The van der Waals surface area contributed by atoms with Gasteiger partial charge in [0.2, 0.25) is 10.0 Å². The number of carbonyl (C=O) groups excluding carboxylic acids is 1. The Balaban J connectivity index is 1.31. The average molecular weight is 510 g/mol. The van der Waals surface area contributed by atoms with Gasteiger partial charge in [0.15, 0.2) is 0 Å². The van der Waals surface area contributed by atoms with Crippen molar-refractivity contribution in [3.8, 4) is 0 Å². The second-order valence-corrected chi connectivity index (χ2v) is 11.0. The molecule has 10 heteroatoms. The van der Waals surface area contributed by atoms with E-state index in [0.717, 1.165) is 42.9 Å². The molecule has 0 unspecified atom stereocenters. The molecule has 2 heterocycles. The topological polar surface area (TPSA) is 69.7 Å². The molecule has 1 amide bonds. The van der Waals surface area contributed by atoms with Gasteiger partial charge in [-0.2, -0.15) is 13.2 Å². The number of hydrogen-bond acceptors (Lipinski definition) is 4. The molecule has 2 aromatic rings. The zero-order valence-electron chi connectivity index (χ0n) is 19.4. The van der Waals surface area contributed by atoms with E-state index in [-0.39, 0.29) is 36.7 Å². The van der Waals surface area contributed by atoms with Crippen molar-refractivity contribution in [3.05, 3.63) is 65.2 Å². The Morgan fingerprint density at radius 1 is 0.943 bits per heavy atom. The van der Waals surface area contributed by atoms with Crippen LogP contribution in [0.4, 0.5) is 13.2 Å². The number of carbonyl (C=O) groups is 1. The van der Waals surface area contributed by atoms with E-state index in [2.05, 4.69) is 21.8 Å². The highest BCUT2D eigenvalue weighted by Gasteiger charge is 2.42. The van der Waals surface area contributed by atoms with Crippen LogP contribution in [0.2, 0.25) is 0 Å². The Bertz CT molecular complexity index is 1130. The maximum Gasteiger partial charge on any atom is 0.471 e. The molecule has 1 fully saturated rings. The van der Waals surface area contributed by atoms with Crippen molar-refractivity contribution in [2.45, 2.75) is 43.3 Å². The number of piperidine rings is 1. The molecule has 2 aromatic carbocycles. The Morgan fingerprint density at radius 2 is 1.60 bits per heavy atom. The molecule has 6 nitrogen and oxygen atoms in total. The molecule has 0 aromatic heterocycles. The smallest absolute Gasteiger partial charge is 0.334 e. The van der Waals surface area contributed by atoms with Crippen LogP contribution in [-0.4, -0.2) is 63.0 Å². The standard InChI is InChI=1S/C25H30F3N3O3S/c26-25(27,28)24(32)31-14-10-21-6-7-23(16-22(21)11-15-31)35(33,34)29-17-19-8-12-30(13-9-19)18-20-4-2-1-3-5-20/h1-7,16,19,29H,8-15,17-18H2. The summed E-state index contributed by atoms with van der Waals surface area (Å²) in [5.74, 6) is -1.60. The lowest BCUT2D eigenvalue weighted by Gasteiger charge is -2.32. The van der Waals surface area contributed by atoms with E-state index >= 15 is 0 Å². The van der Waals surface area contributed by atoms with E-state index in [1.807, 2.05) is 18.2 Å². The van der Waals surface area contributed by atoms with Gasteiger partial charge in [-0.15, -0.1) is 0 Å². The molecule has 0 aliphatic carbocycles. The highest BCUT2D eigenvalue weighted by Crippen LogP contribution is 2.25. The van der Waals surface area contributed by atoms with Crippen molar-refractivity contribution in [3.63, 3.8) is 0 Å². The predicted octanol–water partition coefficient (Wildman–Crippen LogP) is 3.37. The second kappa shape index (κ2) is 10.7. The zero-order valence-corrected chi connectivity index (χ0v) is 20.2. The molecule has 2 aliphatic heterocycles. The number of amides is 1. The number of nitrogens with one attached hydrogen (secondary N) is 1. The van der Waals surface area contributed by atoms with Gasteiger partial charge in [-0.1, -0.05) is 36.4 Å². The Labute approximate surface area is 204 Å². The fourth-order valence-corrected chi connectivity index (χ4v) is 5.92. The summed E-state index contributed by atoms with van der Waals surface area (Å²) in [6, 6.07) is 14.9. The van der Waals surface area contributed by atoms with Gasteiger partial charge in [0.05, 0.1) is 4.90 Å². The highest BCUT2D eigenvalue weighted by molar-refractivity contribution is 7.89. The lowest BCUT2D eigenvalue weighted by molar-refractivity contribution is -0.185. The summed E-state index contributed by atoms with van der Waals surface area (Å²) >= 11 is 0. The number of alkyl halides is 3. The van der Waals surface area contributed by atoms with Crippen LogP contribution < -0.4 is 4.72 Å². The number of sulfonamides is 1. The molecule has 2 aliphatic rings. The van der Waals surface area contributed by atoms with E-state index in [1.54, 1.807) is 6.07 Å². The van der Waals surface area contributed by atoms with Gasteiger partial charge in [-0.25, -0.2) is 13.1 Å². The number of nitrogens with zero attached hydrogens (tertiary/aromatic N) is 2. The lowest BCUT2D eigenvalue weighted by Crippen LogP contribution is -2.42. The van der Waals surface area contributed by atoms with Crippen molar-refractivity contribution < 1.29 is 26.4 Å². The SMILES string of the molecule is O=C(N1CCc2ccc(S(=O)(=O)NCC3CCN(Cc4ccccc4)CC3)cc2CC1)C(F)(F)F. The molecule has 0 atom stereocenters. The van der Waals surface area contributed by atoms with Crippen LogP contribution in [0.15, 0.2) is 53.4 Å². The van der Waals surface area contributed by atoms with Crippen molar-refractivity contribution in [1.82, 2.24) is 14.5 Å². The maximum atomic E-state index is 12.9.